The summed E-state index contributed by atoms with van der Waals surface area (Å²) in [4.78, 5) is 64.4. The standard InChI is InChI=1S/C36H36Cl2F2N3O7PS/c1-35(2,3)31(41-32(44)30-17-23-14-24(9-11-29(23)52-30)36(39,40)51(47,48)49)34(46)43-18-22-7-5-4-6-20(22)16-27(43)33(45)42-12-13-50-28(19-42)21-8-10-25(37)26(38)15-21/h4-11,14-15,17,27-28,31H,12-13,16,18-19H2,1-3H3,(H,41,44)(H2,47,48,49)/t27-,28?,31?/m0/s1. The summed E-state index contributed by atoms with van der Waals surface area (Å²) in [7, 11) is -5.80. The molecule has 3 aromatic carbocycles. The van der Waals surface area contributed by atoms with Crippen LogP contribution < -0.4 is 5.32 Å². The predicted molar refractivity (Wildman–Crippen MR) is 195 cm³/mol. The maximum Gasteiger partial charge on any atom is 0.399 e. The molecular formula is C36H36Cl2F2N3O7PS. The Labute approximate surface area is 312 Å². The number of nitrogens with one attached hydrogen (secondary N) is 1. The number of fused-ring (bicyclic) bond motifs is 2. The van der Waals surface area contributed by atoms with Crippen LogP contribution in [0.4, 0.5) is 8.78 Å². The summed E-state index contributed by atoms with van der Waals surface area (Å²) in [5.41, 5.74) is -3.55. The maximum atomic E-state index is 14.6. The van der Waals surface area contributed by atoms with Gasteiger partial charge in [-0.3, -0.25) is 18.9 Å². The monoisotopic (exact) mass is 793 g/mol. The fraction of sp³-hybridized carbons (Fsp3) is 0.361. The Hall–Kier alpha value is -3.42. The second kappa shape index (κ2) is 14.4. The molecule has 0 saturated carbocycles. The quantitative estimate of drug-likeness (QED) is 0.169. The number of thiophene rings is 1. The Morgan fingerprint density at radius 1 is 1.00 bits per heavy atom. The van der Waals surface area contributed by atoms with E-state index in [-0.39, 0.29) is 42.3 Å². The molecule has 1 fully saturated rings. The number of benzene rings is 3. The number of carbonyl (C=O) groups is 3. The van der Waals surface area contributed by atoms with E-state index in [1.807, 2.05) is 24.3 Å². The molecule has 2 aliphatic heterocycles. The molecule has 1 aromatic heterocycles. The molecule has 2 aliphatic rings. The van der Waals surface area contributed by atoms with E-state index in [1.54, 1.807) is 43.9 Å². The average molecular weight is 795 g/mol. The number of amides is 3. The van der Waals surface area contributed by atoms with Crippen LogP contribution in [0.2, 0.25) is 10.0 Å². The number of morpholine rings is 1. The normalized spacial score (nSPS) is 18.9. The lowest BCUT2D eigenvalue weighted by molar-refractivity contribution is -0.153. The average Bonchev–Trinajstić information content (AvgIpc) is 3.53. The second-order valence-corrected chi connectivity index (χ2v) is 17.5. The van der Waals surface area contributed by atoms with E-state index in [2.05, 4.69) is 5.32 Å². The van der Waals surface area contributed by atoms with E-state index in [1.165, 1.54) is 17.0 Å². The van der Waals surface area contributed by atoms with E-state index >= 15 is 0 Å². The molecule has 0 spiro atoms. The lowest BCUT2D eigenvalue weighted by atomic mass is 9.84. The molecule has 0 radical (unpaired) electrons. The molecule has 3 heterocycles. The van der Waals surface area contributed by atoms with E-state index in [9.17, 15) is 37.5 Å². The third-order valence-electron chi connectivity index (χ3n) is 9.35. The van der Waals surface area contributed by atoms with Crippen molar-refractivity contribution in [1.82, 2.24) is 15.1 Å². The number of halogens is 4. The van der Waals surface area contributed by atoms with Crippen molar-refractivity contribution in [3.05, 3.63) is 104 Å². The summed E-state index contributed by atoms with van der Waals surface area (Å²) in [6.45, 7) is 6.30. The molecule has 16 heteroatoms. The van der Waals surface area contributed by atoms with Gasteiger partial charge in [-0.2, -0.15) is 8.78 Å². The first kappa shape index (κ1) is 38.3. The van der Waals surface area contributed by atoms with E-state index in [0.717, 1.165) is 40.2 Å². The van der Waals surface area contributed by atoms with Gasteiger partial charge in [-0.15, -0.1) is 11.3 Å². The van der Waals surface area contributed by atoms with Crippen molar-refractivity contribution < 1.29 is 42.3 Å². The molecule has 1 saturated heterocycles. The first-order valence-electron chi connectivity index (χ1n) is 16.4. The fourth-order valence-electron chi connectivity index (χ4n) is 6.48. The largest absolute Gasteiger partial charge is 0.399 e. The zero-order chi connectivity index (χ0) is 37.7. The molecule has 276 valence electrons. The number of nitrogens with zero attached hydrogens (tertiary/aromatic N) is 2. The maximum absolute atomic E-state index is 14.6. The van der Waals surface area contributed by atoms with Crippen molar-refractivity contribution in [1.29, 1.82) is 0 Å². The minimum Gasteiger partial charge on any atom is -0.370 e. The minimum atomic E-state index is -5.80. The van der Waals surface area contributed by atoms with Crippen LogP contribution in [0, 0.1) is 5.41 Å². The van der Waals surface area contributed by atoms with Gasteiger partial charge in [0.05, 0.1) is 28.1 Å². The van der Waals surface area contributed by atoms with Gasteiger partial charge in [-0.05, 0) is 57.8 Å². The smallest absolute Gasteiger partial charge is 0.370 e. The molecule has 3 atom stereocenters. The summed E-state index contributed by atoms with van der Waals surface area (Å²) in [5, 5.41) is 3.79. The highest BCUT2D eigenvalue weighted by Gasteiger charge is 2.50. The van der Waals surface area contributed by atoms with Gasteiger partial charge in [-0.25, -0.2) is 0 Å². The van der Waals surface area contributed by atoms with Crippen LogP contribution >= 0.6 is 42.1 Å². The van der Waals surface area contributed by atoms with Gasteiger partial charge >= 0.3 is 13.3 Å². The summed E-state index contributed by atoms with van der Waals surface area (Å²) in [6, 6.07) is 15.2. The van der Waals surface area contributed by atoms with E-state index in [0.29, 0.717) is 21.3 Å². The number of alkyl halides is 2. The first-order chi connectivity index (χ1) is 24.3. The number of hydrogen-bond donors (Lipinski definition) is 3. The van der Waals surface area contributed by atoms with Crippen molar-refractivity contribution in [2.24, 2.45) is 5.41 Å². The molecule has 3 N–H and O–H groups in total. The van der Waals surface area contributed by atoms with Gasteiger partial charge in [0.1, 0.15) is 18.2 Å². The fourth-order valence-corrected chi connectivity index (χ4v) is 8.21. The van der Waals surface area contributed by atoms with Crippen LogP contribution in [0.5, 0.6) is 0 Å². The van der Waals surface area contributed by atoms with Gasteiger partial charge < -0.3 is 29.6 Å². The van der Waals surface area contributed by atoms with Crippen LogP contribution in [-0.4, -0.2) is 69.1 Å². The topological polar surface area (TPSA) is 136 Å². The van der Waals surface area contributed by atoms with Crippen molar-refractivity contribution in [3.63, 3.8) is 0 Å². The van der Waals surface area contributed by atoms with Crippen LogP contribution in [0.3, 0.4) is 0 Å². The minimum absolute atomic E-state index is 0.104. The summed E-state index contributed by atoms with van der Waals surface area (Å²) in [5.74, 6) is -1.37. The highest BCUT2D eigenvalue weighted by molar-refractivity contribution is 7.52. The third kappa shape index (κ3) is 7.64. The molecular weight excluding hydrogens is 758 g/mol. The molecule has 52 heavy (non-hydrogen) atoms. The predicted octanol–water partition coefficient (Wildman–Crippen LogP) is 7.13. The van der Waals surface area contributed by atoms with Crippen molar-refractivity contribution in [2.45, 2.75) is 57.6 Å². The van der Waals surface area contributed by atoms with Crippen LogP contribution in [0.15, 0.2) is 66.7 Å². The van der Waals surface area contributed by atoms with Crippen LogP contribution in [0.1, 0.15) is 58.8 Å². The van der Waals surface area contributed by atoms with Crippen molar-refractivity contribution in [2.75, 3.05) is 19.7 Å². The number of ether oxygens (including phenoxy) is 1. The molecule has 0 aliphatic carbocycles. The highest BCUT2D eigenvalue weighted by Crippen LogP contribution is 2.59. The van der Waals surface area contributed by atoms with Gasteiger partial charge in [-0.1, -0.05) is 80.4 Å². The lowest BCUT2D eigenvalue weighted by Crippen LogP contribution is -2.61. The Bertz CT molecular complexity index is 2100. The van der Waals surface area contributed by atoms with Gasteiger partial charge in [0.25, 0.3) is 5.91 Å². The lowest BCUT2D eigenvalue weighted by Gasteiger charge is -2.43. The number of carbonyl (C=O) groups excluding carboxylic acids is 3. The Balaban J connectivity index is 1.27. The molecule has 10 nitrogen and oxygen atoms in total. The zero-order valence-electron chi connectivity index (χ0n) is 28.3. The SMILES string of the molecule is CC(C)(C)C(NC(=O)c1cc2cc(C(F)(F)P(=O)(O)O)ccc2s1)C(=O)N1Cc2ccccc2C[C@H]1C(=O)N1CCOC(c2ccc(Cl)c(Cl)c2)C1. The molecule has 4 aromatic rings. The number of hydrogen-bond acceptors (Lipinski definition) is 6. The van der Waals surface area contributed by atoms with Gasteiger partial charge in [0.15, 0.2) is 0 Å². The Morgan fingerprint density at radius 3 is 2.38 bits per heavy atom. The van der Waals surface area contributed by atoms with Crippen LogP contribution in [0.25, 0.3) is 10.1 Å². The van der Waals surface area contributed by atoms with Crippen molar-refractivity contribution in [3.8, 4) is 0 Å². The van der Waals surface area contributed by atoms with Crippen molar-refractivity contribution >= 4 is 69.9 Å². The van der Waals surface area contributed by atoms with E-state index in [4.69, 9.17) is 27.9 Å². The number of rotatable bonds is 7. The molecule has 2 unspecified atom stereocenters. The molecule has 6 rings (SSSR count). The van der Waals surface area contributed by atoms with E-state index < -0.39 is 54.2 Å². The molecule has 0 bridgehead atoms. The Kier molecular flexibility index (Phi) is 10.6. The summed E-state index contributed by atoms with van der Waals surface area (Å²) >= 11 is 13.4. The van der Waals surface area contributed by atoms with Crippen LogP contribution in [-0.2, 0) is 37.5 Å². The third-order valence-corrected chi connectivity index (χ3v) is 12.2. The first-order valence-corrected chi connectivity index (χ1v) is 19.5. The zero-order valence-corrected chi connectivity index (χ0v) is 31.5. The molecule has 3 amide bonds. The Morgan fingerprint density at radius 2 is 1.71 bits per heavy atom. The summed E-state index contributed by atoms with van der Waals surface area (Å²) < 4.78 is 46.7. The summed E-state index contributed by atoms with van der Waals surface area (Å²) in [6.07, 6.45) is -0.201. The second-order valence-electron chi connectivity index (χ2n) is 14.0. The van der Waals surface area contributed by atoms with Gasteiger partial charge in [0, 0.05) is 29.8 Å². The highest BCUT2D eigenvalue weighted by atomic mass is 35.5. The van der Waals surface area contributed by atoms with Gasteiger partial charge in [0.2, 0.25) is 11.8 Å².